The van der Waals surface area contributed by atoms with Gasteiger partial charge in [0, 0.05) is 35.0 Å². The van der Waals surface area contributed by atoms with E-state index in [1.165, 1.54) is 4.90 Å². The summed E-state index contributed by atoms with van der Waals surface area (Å²) < 4.78 is 6.16. The molecule has 0 unspecified atom stereocenters. The summed E-state index contributed by atoms with van der Waals surface area (Å²) >= 11 is 0. The van der Waals surface area contributed by atoms with Gasteiger partial charge < -0.3 is 25.0 Å². The maximum Gasteiger partial charge on any atom is 0.246 e. The summed E-state index contributed by atoms with van der Waals surface area (Å²) in [6, 6.07) is 2.53. The van der Waals surface area contributed by atoms with E-state index in [1.54, 1.807) is 0 Å². The van der Waals surface area contributed by atoms with Crippen molar-refractivity contribution >= 4 is 28.8 Å². The Morgan fingerprint density at radius 2 is 2.09 bits per heavy atom. The number of aromatic amines is 1. The predicted molar refractivity (Wildman–Crippen MR) is 127 cm³/mol. The fraction of sp³-hybridized carbons (Fsp3) is 0.462. The SMILES string of the molecule is C=CC(C)(C)c1[nH]c2c3c(ccc2c1C[C@@H]1NC(=O)[C@@H]2[C@H](O)CCN2C1=O)OC(C)(C)C=C3. The molecule has 2 fully saturated rings. The van der Waals surface area contributed by atoms with E-state index in [2.05, 4.69) is 36.8 Å². The zero-order valence-electron chi connectivity index (χ0n) is 19.6. The van der Waals surface area contributed by atoms with Crippen LogP contribution in [0, 0.1) is 0 Å². The van der Waals surface area contributed by atoms with Crippen molar-refractivity contribution in [3.8, 4) is 5.75 Å². The van der Waals surface area contributed by atoms with Crippen LogP contribution in [0.25, 0.3) is 17.0 Å². The number of carbonyl (C=O) groups excluding carboxylic acids is 2. The van der Waals surface area contributed by atoms with Gasteiger partial charge in [0.25, 0.3) is 0 Å². The standard InChI is InChI=1S/C26H31N3O4/c1-6-25(2,3)22-16(13-17-24(32)29-12-10-18(30)21(29)23(31)27-17)14-7-8-19-15(20(14)28-22)9-11-26(4,5)33-19/h6-9,11,17-18,21,28,30H,1,10,12-13H2,2-5H3,(H,27,31)/t17-,18+,21-/m0/s1. The molecule has 0 bridgehead atoms. The number of hydrogen-bond acceptors (Lipinski definition) is 4. The number of carbonyl (C=O) groups is 2. The highest BCUT2D eigenvalue weighted by Crippen LogP contribution is 2.41. The number of aliphatic hydroxyl groups excluding tert-OH is 1. The number of benzene rings is 1. The van der Waals surface area contributed by atoms with Crippen LogP contribution in [-0.2, 0) is 21.4 Å². The molecule has 5 rings (SSSR count). The summed E-state index contributed by atoms with van der Waals surface area (Å²) in [6.07, 6.45) is 5.98. The second-order valence-corrected chi connectivity index (χ2v) is 10.4. The highest BCUT2D eigenvalue weighted by molar-refractivity contribution is 5.99. The van der Waals surface area contributed by atoms with Crippen LogP contribution in [0.15, 0.2) is 30.9 Å². The lowest BCUT2D eigenvalue weighted by Gasteiger charge is -2.35. The average molecular weight is 450 g/mol. The summed E-state index contributed by atoms with van der Waals surface area (Å²) in [5.41, 5.74) is 3.10. The number of fused-ring (bicyclic) bond motifs is 4. The Balaban J connectivity index is 1.60. The molecule has 3 atom stereocenters. The number of nitrogens with zero attached hydrogens (tertiary/aromatic N) is 1. The Morgan fingerprint density at radius 1 is 1.33 bits per heavy atom. The number of piperazine rings is 1. The Bertz CT molecular complexity index is 1210. The molecule has 7 heteroatoms. The molecule has 3 N–H and O–H groups in total. The third-order valence-electron chi connectivity index (χ3n) is 7.20. The number of rotatable bonds is 4. The van der Waals surface area contributed by atoms with Gasteiger partial charge in [0.05, 0.1) is 11.6 Å². The molecular formula is C26H31N3O4. The molecule has 0 spiro atoms. The molecule has 4 heterocycles. The van der Waals surface area contributed by atoms with Gasteiger partial charge >= 0.3 is 0 Å². The first-order valence-corrected chi connectivity index (χ1v) is 11.5. The second-order valence-electron chi connectivity index (χ2n) is 10.4. The van der Waals surface area contributed by atoms with Crippen molar-refractivity contribution in [1.29, 1.82) is 0 Å². The quantitative estimate of drug-likeness (QED) is 0.626. The molecule has 1 aromatic carbocycles. The highest BCUT2D eigenvalue weighted by atomic mass is 16.5. The lowest BCUT2D eigenvalue weighted by Crippen LogP contribution is -2.63. The minimum absolute atomic E-state index is 0.143. The number of aromatic nitrogens is 1. The van der Waals surface area contributed by atoms with E-state index in [9.17, 15) is 14.7 Å². The van der Waals surface area contributed by atoms with Crippen molar-refractivity contribution in [1.82, 2.24) is 15.2 Å². The number of allylic oxidation sites excluding steroid dienone is 1. The van der Waals surface area contributed by atoms with Gasteiger partial charge in [0.2, 0.25) is 11.8 Å². The van der Waals surface area contributed by atoms with Crippen LogP contribution in [0.1, 0.15) is 50.9 Å². The molecule has 2 saturated heterocycles. The Kier molecular flexibility index (Phi) is 4.76. The maximum atomic E-state index is 13.2. The first-order valence-electron chi connectivity index (χ1n) is 11.5. The third kappa shape index (κ3) is 3.37. The number of hydrogen-bond donors (Lipinski definition) is 3. The van der Waals surface area contributed by atoms with E-state index in [-0.39, 0.29) is 22.8 Å². The van der Waals surface area contributed by atoms with Crippen molar-refractivity contribution in [2.75, 3.05) is 6.54 Å². The maximum absolute atomic E-state index is 13.2. The second kappa shape index (κ2) is 7.22. The Labute approximate surface area is 193 Å². The van der Waals surface area contributed by atoms with E-state index in [0.717, 1.165) is 33.5 Å². The molecule has 1 aromatic heterocycles. The third-order valence-corrected chi connectivity index (χ3v) is 7.20. The molecule has 0 saturated carbocycles. The van der Waals surface area contributed by atoms with E-state index < -0.39 is 18.2 Å². The van der Waals surface area contributed by atoms with E-state index in [1.807, 2.05) is 38.1 Å². The van der Waals surface area contributed by atoms with Crippen molar-refractivity contribution in [3.05, 3.63) is 47.7 Å². The summed E-state index contributed by atoms with van der Waals surface area (Å²) in [7, 11) is 0. The normalized spacial score (nSPS) is 26.1. The summed E-state index contributed by atoms with van der Waals surface area (Å²) in [5.74, 6) is 0.377. The first kappa shape index (κ1) is 21.8. The fourth-order valence-electron chi connectivity index (χ4n) is 5.24. The highest BCUT2D eigenvalue weighted by Gasteiger charge is 2.48. The van der Waals surface area contributed by atoms with Gasteiger partial charge in [-0.2, -0.15) is 0 Å². The minimum Gasteiger partial charge on any atom is -0.483 e. The van der Waals surface area contributed by atoms with E-state index >= 15 is 0 Å². The Hall–Kier alpha value is -3.06. The zero-order valence-corrected chi connectivity index (χ0v) is 19.6. The van der Waals surface area contributed by atoms with Gasteiger partial charge in [-0.3, -0.25) is 9.59 Å². The van der Waals surface area contributed by atoms with Gasteiger partial charge in [0.1, 0.15) is 23.4 Å². The van der Waals surface area contributed by atoms with Crippen molar-refractivity contribution in [2.45, 2.75) is 69.7 Å². The van der Waals surface area contributed by atoms with E-state index in [0.29, 0.717) is 19.4 Å². The number of H-pyrrole nitrogens is 1. The number of amides is 2. The van der Waals surface area contributed by atoms with Crippen LogP contribution in [0.4, 0.5) is 0 Å². The lowest BCUT2D eigenvalue weighted by molar-refractivity contribution is -0.149. The number of ether oxygens (including phenoxy) is 1. The van der Waals surface area contributed by atoms with Crippen molar-refractivity contribution < 1.29 is 19.4 Å². The lowest BCUT2D eigenvalue weighted by atomic mass is 9.84. The molecule has 7 nitrogen and oxygen atoms in total. The predicted octanol–water partition coefficient (Wildman–Crippen LogP) is 2.82. The summed E-state index contributed by atoms with van der Waals surface area (Å²) in [6.45, 7) is 12.6. The van der Waals surface area contributed by atoms with E-state index in [4.69, 9.17) is 4.74 Å². The molecule has 3 aliphatic heterocycles. The summed E-state index contributed by atoms with van der Waals surface area (Å²) in [5, 5.41) is 14.0. The molecule has 3 aliphatic rings. The molecular weight excluding hydrogens is 418 g/mol. The van der Waals surface area contributed by atoms with Gasteiger partial charge in [-0.15, -0.1) is 6.58 Å². The van der Waals surface area contributed by atoms with Gasteiger partial charge in [0.15, 0.2) is 0 Å². The van der Waals surface area contributed by atoms with Crippen molar-refractivity contribution in [2.24, 2.45) is 0 Å². The number of nitrogens with one attached hydrogen (secondary N) is 2. The molecule has 33 heavy (non-hydrogen) atoms. The van der Waals surface area contributed by atoms with Crippen LogP contribution < -0.4 is 10.1 Å². The van der Waals surface area contributed by atoms with Crippen LogP contribution in [0.2, 0.25) is 0 Å². The van der Waals surface area contributed by atoms with Gasteiger partial charge in [-0.1, -0.05) is 19.9 Å². The molecule has 0 aliphatic carbocycles. The van der Waals surface area contributed by atoms with Gasteiger partial charge in [-0.25, -0.2) is 0 Å². The summed E-state index contributed by atoms with van der Waals surface area (Å²) in [4.78, 5) is 31.1. The molecule has 174 valence electrons. The molecule has 2 aromatic rings. The zero-order chi connectivity index (χ0) is 23.7. The Morgan fingerprint density at radius 3 is 2.82 bits per heavy atom. The molecule has 0 radical (unpaired) electrons. The van der Waals surface area contributed by atoms with Gasteiger partial charge in [-0.05, 0) is 50.1 Å². The molecule has 2 amide bonds. The largest absolute Gasteiger partial charge is 0.483 e. The van der Waals surface area contributed by atoms with Crippen LogP contribution in [0.3, 0.4) is 0 Å². The number of aliphatic hydroxyl groups is 1. The van der Waals surface area contributed by atoms with Crippen molar-refractivity contribution in [3.63, 3.8) is 0 Å². The topological polar surface area (TPSA) is 94.7 Å². The van der Waals surface area contributed by atoms with Crippen LogP contribution in [0.5, 0.6) is 5.75 Å². The smallest absolute Gasteiger partial charge is 0.246 e. The average Bonchev–Trinajstić information content (AvgIpc) is 3.32. The monoisotopic (exact) mass is 449 g/mol. The van der Waals surface area contributed by atoms with Crippen LogP contribution >= 0.6 is 0 Å². The van der Waals surface area contributed by atoms with Crippen LogP contribution in [-0.4, -0.2) is 57.1 Å². The fourth-order valence-corrected chi connectivity index (χ4v) is 5.24. The first-order chi connectivity index (χ1) is 15.5. The minimum atomic E-state index is -0.805.